The van der Waals surface area contributed by atoms with E-state index < -0.39 is 17.1 Å². The quantitative estimate of drug-likeness (QED) is 0.455. The fraction of sp³-hybridized carbons (Fsp3) is 0.286. The number of thioether (sulfide) groups is 1. The molecule has 0 spiro atoms. The van der Waals surface area contributed by atoms with Gasteiger partial charge >= 0.3 is 5.97 Å². The first-order valence-electron chi connectivity index (χ1n) is 9.07. The number of halogens is 1. The molecule has 0 aliphatic carbocycles. The second kappa shape index (κ2) is 8.59. The van der Waals surface area contributed by atoms with Crippen molar-refractivity contribution in [2.45, 2.75) is 33.8 Å². The lowest BCUT2D eigenvalue weighted by Gasteiger charge is -2.13. The molecule has 0 bridgehead atoms. The van der Waals surface area contributed by atoms with Crippen molar-refractivity contribution < 1.29 is 19.1 Å². The highest BCUT2D eigenvalue weighted by Crippen LogP contribution is 2.33. The highest BCUT2D eigenvalue weighted by atomic mass is 79.9. The molecule has 29 heavy (non-hydrogen) atoms. The SMILES string of the molecule is Cc1cc(/C=C2\SC(=O)N(CC(=O)OC(C)C)C2=O)c(C)n1-c1ccc(Br)cc1. The molecule has 6 nitrogen and oxygen atoms in total. The molecule has 0 N–H and O–H groups in total. The standard InChI is InChI=1S/C21H21BrN2O4S/c1-12(2)28-19(25)11-23-20(26)18(29-21(23)27)10-15-9-13(3)24(14(15)4)17-7-5-16(22)6-8-17/h5-10,12H,11H2,1-4H3/b18-10-. The first kappa shape index (κ1) is 21.4. The van der Waals surface area contributed by atoms with Crippen LogP contribution in [0.15, 0.2) is 39.7 Å². The van der Waals surface area contributed by atoms with Crippen LogP contribution in [0.4, 0.5) is 4.79 Å². The van der Waals surface area contributed by atoms with Gasteiger partial charge < -0.3 is 9.30 Å². The summed E-state index contributed by atoms with van der Waals surface area (Å²) < 4.78 is 8.12. The van der Waals surface area contributed by atoms with Crippen LogP contribution < -0.4 is 0 Å². The Kier molecular flexibility index (Phi) is 6.33. The third-order valence-electron chi connectivity index (χ3n) is 4.37. The van der Waals surface area contributed by atoms with E-state index in [0.717, 1.165) is 43.8 Å². The van der Waals surface area contributed by atoms with Crippen molar-refractivity contribution in [2.75, 3.05) is 6.54 Å². The summed E-state index contributed by atoms with van der Waals surface area (Å²) in [4.78, 5) is 37.9. The largest absolute Gasteiger partial charge is 0.462 e. The first-order valence-corrected chi connectivity index (χ1v) is 10.7. The van der Waals surface area contributed by atoms with E-state index in [1.54, 1.807) is 19.9 Å². The molecule has 1 aliphatic heterocycles. The minimum atomic E-state index is -0.600. The van der Waals surface area contributed by atoms with Gasteiger partial charge in [-0.2, -0.15) is 0 Å². The van der Waals surface area contributed by atoms with Crippen molar-refractivity contribution in [3.05, 3.63) is 56.7 Å². The highest BCUT2D eigenvalue weighted by Gasteiger charge is 2.37. The van der Waals surface area contributed by atoms with Crippen LogP contribution in [0.3, 0.4) is 0 Å². The Morgan fingerprint density at radius 1 is 1.21 bits per heavy atom. The average molecular weight is 477 g/mol. The van der Waals surface area contributed by atoms with Crippen molar-refractivity contribution >= 4 is 50.9 Å². The predicted octanol–water partition coefficient (Wildman–Crippen LogP) is 4.84. The Hall–Kier alpha value is -2.32. The van der Waals surface area contributed by atoms with Gasteiger partial charge in [0.1, 0.15) is 6.54 Å². The molecule has 2 heterocycles. The van der Waals surface area contributed by atoms with Gasteiger partial charge in [-0.05, 0) is 81.4 Å². The van der Waals surface area contributed by atoms with Gasteiger partial charge in [-0.15, -0.1) is 0 Å². The maximum atomic E-state index is 12.6. The Bertz CT molecular complexity index is 1010. The molecular weight excluding hydrogens is 456 g/mol. The van der Waals surface area contributed by atoms with E-state index in [1.165, 1.54) is 0 Å². The minimum Gasteiger partial charge on any atom is -0.462 e. The summed E-state index contributed by atoms with van der Waals surface area (Å²) in [6, 6.07) is 9.91. The molecule has 0 radical (unpaired) electrons. The van der Waals surface area contributed by atoms with E-state index in [-0.39, 0.29) is 12.6 Å². The maximum Gasteiger partial charge on any atom is 0.326 e. The summed E-state index contributed by atoms with van der Waals surface area (Å²) in [5, 5.41) is -0.469. The second-order valence-electron chi connectivity index (χ2n) is 6.94. The van der Waals surface area contributed by atoms with Crippen molar-refractivity contribution in [3.8, 4) is 5.69 Å². The molecule has 1 aliphatic rings. The summed E-state index contributed by atoms with van der Waals surface area (Å²) in [7, 11) is 0. The lowest BCUT2D eigenvalue weighted by molar-refractivity contribution is -0.149. The zero-order chi connectivity index (χ0) is 21.3. The minimum absolute atomic E-state index is 0.295. The lowest BCUT2D eigenvalue weighted by Crippen LogP contribution is -2.35. The molecule has 0 atom stereocenters. The molecule has 0 unspecified atom stereocenters. The fourth-order valence-electron chi connectivity index (χ4n) is 3.13. The van der Waals surface area contributed by atoms with Crippen molar-refractivity contribution in [2.24, 2.45) is 0 Å². The monoisotopic (exact) mass is 476 g/mol. The van der Waals surface area contributed by atoms with Gasteiger partial charge in [0, 0.05) is 21.5 Å². The van der Waals surface area contributed by atoms with E-state index in [1.807, 2.05) is 44.2 Å². The molecule has 2 amide bonds. The van der Waals surface area contributed by atoms with Crippen LogP contribution in [0, 0.1) is 13.8 Å². The van der Waals surface area contributed by atoms with Crippen LogP contribution in [0.5, 0.6) is 0 Å². The Morgan fingerprint density at radius 2 is 1.86 bits per heavy atom. The van der Waals surface area contributed by atoms with Crippen molar-refractivity contribution in [1.82, 2.24) is 9.47 Å². The summed E-state index contributed by atoms with van der Waals surface area (Å²) in [5.74, 6) is -1.08. The van der Waals surface area contributed by atoms with Gasteiger partial charge in [0.05, 0.1) is 11.0 Å². The number of aryl methyl sites for hydroxylation is 1. The summed E-state index contributed by atoms with van der Waals surface area (Å²) >= 11 is 4.27. The smallest absolute Gasteiger partial charge is 0.326 e. The van der Waals surface area contributed by atoms with Gasteiger partial charge in [-0.3, -0.25) is 19.3 Å². The van der Waals surface area contributed by atoms with Gasteiger partial charge in [0.15, 0.2) is 0 Å². The number of esters is 1. The molecule has 1 saturated heterocycles. The number of imide groups is 1. The van der Waals surface area contributed by atoms with Crippen LogP contribution in [0.1, 0.15) is 30.8 Å². The topological polar surface area (TPSA) is 68.6 Å². The molecule has 1 fully saturated rings. The number of amides is 2. The van der Waals surface area contributed by atoms with E-state index in [2.05, 4.69) is 20.5 Å². The number of carbonyl (C=O) groups is 3. The third kappa shape index (κ3) is 4.64. The van der Waals surface area contributed by atoms with Gasteiger partial charge in [0.2, 0.25) is 0 Å². The molecule has 2 aromatic rings. The molecule has 1 aromatic heterocycles. The highest BCUT2D eigenvalue weighted by molar-refractivity contribution is 9.10. The zero-order valence-corrected chi connectivity index (χ0v) is 19.0. The summed E-state index contributed by atoms with van der Waals surface area (Å²) in [5.41, 5.74) is 3.82. The zero-order valence-electron chi connectivity index (χ0n) is 16.6. The maximum absolute atomic E-state index is 12.6. The van der Waals surface area contributed by atoms with Gasteiger partial charge in [0.25, 0.3) is 11.1 Å². The summed E-state index contributed by atoms with van der Waals surface area (Å²) in [6.07, 6.45) is 1.40. The van der Waals surface area contributed by atoms with E-state index >= 15 is 0 Å². The number of hydrogen-bond donors (Lipinski definition) is 0. The second-order valence-corrected chi connectivity index (χ2v) is 8.85. The van der Waals surface area contributed by atoms with Crippen molar-refractivity contribution in [1.29, 1.82) is 0 Å². The van der Waals surface area contributed by atoms with Crippen LogP contribution in [-0.2, 0) is 14.3 Å². The van der Waals surface area contributed by atoms with Crippen LogP contribution >= 0.6 is 27.7 Å². The third-order valence-corrected chi connectivity index (χ3v) is 5.81. The molecule has 0 saturated carbocycles. The normalized spacial score (nSPS) is 15.7. The molecule has 1 aromatic carbocycles. The Morgan fingerprint density at radius 3 is 2.48 bits per heavy atom. The van der Waals surface area contributed by atoms with E-state index in [9.17, 15) is 14.4 Å². The number of hydrogen-bond acceptors (Lipinski definition) is 5. The van der Waals surface area contributed by atoms with E-state index in [4.69, 9.17) is 4.74 Å². The Balaban J connectivity index is 1.86. The van der Waals surface area contributed by atoms with Crippen LogP contribution in [0.2, 0.25) is 0 Å². The lowest BCUT2D eigenvalue weighted by atomic mass is 10.2. The van der Waals surface area contributed by atoms with Crippen molar-refractivity contribution in [3.63, 3.8) is 0 Å². The number of ether oxygens (including phenoxy) is 1. The van der Waals surface area contributed by atoms with Crippen LogP contribution in [-0.4, -0.2) is 39.2 Å². The number of carbonyl (C=O) groups excluding carboxylic acids is 3. The molecule has 3 rings (SSSR count). The fourth-order valence-corrected chi connectivity index (χ4v) is 4.22. The molecule has 8 heteroatoms. The number of aromatic nitrogens is 1. The van der Waals surface area contributed by atoms with Gasteiger partial charge in [-0.25, -0.2) is 0 Å². The van der Waals surface area contributed by atoms with Gasteiger partial charge in [-0.1, -0.05) is 15.9 Å². The molecule has 152 valence electrons. The number of benzene rings is 1. The van der Waals surface area contributed by atoms with Crippen LogP contribution in [0.25, 0.3) is 11.8 Å². The van der Waals surface area contributed by atoms with E-state index in [0.29, 0.717) is 4.91 Å². The first-order chi connectivity index (χ1) is 13.7. The summed E-state index contributed by atoms with van der Waals surface area (Å²) in [6.45, 7) is 7.00. The Labute approximate surface area is 182 Å². The predicted molar refractivity (Wildman–Crippen MR) is 117 cm³/mol. The molecular formula is C21H21BrN2O4S. The number of rotatable bonds is 5. The average Bonchev–Trinajstić information content (AvgIpc) is 3.05. The number of nitrogens with zero attached hydrogens (tertiary/aromatic N) is 2.